The molecule has 4 nitrogen and oxygen atoms in total. The molecule has 0 saturated carbocycles. The van der Waals surface area contributed by atoms with Gasteiger partial charge in [-0.3, -0.25) is 14.3 Å². The molecule has 1 aromatic carbocycles. The molecule has 0 unspecified atom stereocenters. The molecule has 19 heavy (non-hydrogen) atoms. The van der Waals surface area contributed by atoms with Crippen LogP contribution < -0.4 is 0 Å². The number of aromatic nitrogens is 2. The number of nitrogens with zero attached hydrogens (tertiary/aromatic N) is 2. The molecule has 0 N–H and O–H groups in total. The van der Waals surface area contributed by atoms with Crippen LogP contribution in [0.1, 0.15) is 38.5 Å². The maximum Gasteiger partial charge on any atom is 0.190 e. The van der Waals surface area contributed by atoms with Gasteiger partial charge in [-0.15, -0.1) is 0 Å². The van der Waals surface area contributed by atoms with Crippen LogP contribution in [0.15, 0.2) is 30.3 Å². The van der Waals surface area contributed by atoms with Gasteiger partial charge in [-0.05, 0) is 26.0 Å². The number of benzene rings is 1. The van der Waals surface area contributed by atoms with E-state index in [4.69, 9.17) is 0 Å². The molecular formula is C15H16N2O2. The Kier molecular flexibility index (Phi) is 3.60. The molecule has 0 aliphatic rings. The second-order valence-corrected chi connectivity index (χ2v) is 4.69. The second kappa shape index (κ2) is 5.18. The molecule has 0 bridgehead atoms. The van der Waals surface area contributed by atoms with Gasteiger partial charge < -0.3 is 0 Å². The molecule has 0 radical (unpaired) electrons. The zero-order valence-corrected chi connectivity index (χ0v) is 11.3. The van der Waals surface area contributed by atoms with E-state index in [0.717, 1.165) is 11.3 Å². The second-order valence-electron chi connectivity index (χ2n) is 4.69. The van der Waals surface area contributed by atoms with Gasteiger partial charge in [-0.1, -0.05) is 23.8 Å². The van der Waals surface area contributed by atoms with Crippen LogP contribution >= 0.6 is 0 Å². The summed E-state index contributed by atoms with van der Waals surface area (Å²) in [6, 6.07) is 8.95. The standard InChI is InChI=1S/C15H16N2O2/c1-10-5-4-6-12(7-10)14(18)9-15(19)13-8-11(2)17(3)16-13/h4-8H,9H2,1-3H3. The summed E-state index contributed by atoms with van der Waals surface area (Å²) in [5.41, 5.74) is 2.82. The van der Waals surface area contributed by atoms with Gasteiger partial charge in [-0.25, -0.2) is 0 Å². The van der Waals surface area contributed by atoms with E-state index >= 15 is 0 Å². The number of carbonyl (C=O) groups excluding carboxylic acids is 2. The van der Waals surface area contributed by atoms with Gasteiger partial charge in [0.2, 0.25) is 0 Å². The highest BCUT2D eigenvalue weighted by Crippen LogP contribution is 2.10. The van der Waals surface area contributed by atoms with Crippen LogP contribution in [-0.2, 0) is 7.05 Å². The molecule has 0 aliphatic carbocycles. The van der Waals surface area contributed by atoms with Crippen molar-refractivity contribution in [2.24, 2.45) is 7.05 Å². The molecule has 2 aromatic rings. The Bertz CT molecular complexity index is 622. The summed E-state index contributed by atoms with van der Waals surface area (Å²) in [7, 11) is 1.77. The van der Waals surface area contributed by atoms with Crippen molar-refractivity contribution in [1.29, 1.82) is 0 Å². The van der Waals surface area contributed by atoms with Crippen LogP contribution in [0.5, 0.6) is 0 Å². The third kappa shape index (κ3) is 2.96. The minimum atomic E-state index is -0.241. The lowest BCUT2D eigenvalue weighted by Crippen LogP contribution is -2.09. The summed E-state index contributed by atoms with van der Waals surface area (Å²) >= 11 is 0. The first-order valence-corrected chi connectivity index (χ1v) is 6.11. The van der Waals surface area contributed by atoms with Gasteiger partial charge in [0.05, 0.1) is 6.42 Å². The van der Waals surface area contributed by atoms with E-state index in [0.29, 0.717) is 11.3 Å². The highest BCUT2D eigenvalue weighted by Gasteiger charge is 2.16. The normalized spacial score (nSPS) is 10.5. The van der Waals surface area contributed by atoms with Crippen molar-refractivity contribution < 1.29 is 9.59 Å². The van der Waals surface area contributed by atoms with E-state index in [1.807, 2.05) is 26.0 Å². The quantitative estimate of drug-likeness (QED) is 0.624. The molecule has 2 rings (SSSR count). The number of aryl methyl sites for hydroxylation is 3. The molecule has 98 valence electrons. The van der Waals surface area contributed by atoms with E-state index in [2.05, 4.69) is 5.10 Å². The number of rotatable bonds is 4. The fourth-order valence-electron chi connectivity index (χ4n) is 1.85. The Morgan fingerprint density at radius 2 is 1.89 bits per heavy atom. The van der Waals surface area contributed by atoms with E-state index in [1.54, 1.807) is 29.9 Å². The topological polar surface area (TPSA) is 52.0 Å². The summed E-state index contributed by atoms with van der Waals surface area (Å²) in [5, 5.41) is 4.09. The highest BCUT2D eigenvalue weighted by molar-refractivity contribution is 6.12. The Labute approximate surface area is 112 Å². The maximum atomic E-state index is 12.0. The third-order valence-electron chi connectivity index (χ3n) is 3.06. The van der Waals surface area contributed by atoms with Crippen molar-refractivity contribution in [2.75, 3.05) is 0 Å². The summed E-state index contributed by atoms with van der Waals surface area (Å²) in [6.07, 6.45) is -0.139. The number of hydrogen-bond acceptors (Lipinski definition) is 3. The Morgan fingerprint density at radius 1 is 1.16 bits per heavy atom. The lowest BCUT2D eigenvalue weighted by atomic mass is 10.0. The molecule has 1 aromatic heterocycles. The number of hydrogen-bond donors (Lipinski definition) is 0. The Balaban J connectivity index is 2.13. The van der Waals surface area contributed by atoms with Crippen molar-refractivity contribution >= 4 is 11.6 Å². The highest BCUT2D eigenvalue weighted by atomic mass is 16.1. The van der Waals surface area contributed by atoms with E-state index < -0.39 is 0 Å². The van der Waals surface area contributed by atoms with E-state index in [1.165, 1.54) is 0 Å². The summed E-state index contributed by atoms with van der Waals surface area (Å²) < 4.78 is 1.63. The van der Waals surface area contributed by atoms with Crippen LogP contribution in [0, 0.1) is 13.8 Å². The van der Waals surface area contributed by atoms with Crippen LogP contribution in [0.3, 0.4) is 0 Å². The van der Waals surface area contributed by atoms with Crippen molar-refractivity contribution in [3.05, 3.63) is 52.8 Å². The molecule has 0 spiro atoms. The molecule has 1 heterocycles. The summed E-state index contributed by atoms with van der Waals surface area (Å²) in [4.78, 5) is 24.0. The van der Waals surface area contributed by atoms with Crippen LogP contribution in [0.25, 0.3) is 0 Å². The first-order chi connectivity index (χ1) is 8.97. The average molecular weight is 256 g/mol. The van der Waals surface area contributed by atoms with Gasteiger partial charge in [0.15, 0.2) is 11.6 Å². The smallest absolute Gasteiger partial charge is 0.190 e. The molecule has 0 saturated heterocycles. The summed E-state index contributed by atoms with van der Waals surface area (Å²) in [5.74, 6) is -0.410. The number of Topliss-reactive ketones (excluding diaryl/α,β-unsaturated/α-hetero) is 2. The Morgan fingerprint density at radius 3 is 2.47 bits per heavy atom. The van der Waals surface area contributed by atoms with Gasteiger partial charge in [0.1, 0.15) is 5.69 Å². The first-order valence-electron chi connectivity index (χ1n) is 6.11. The maximum absolute atomic E-state index is 12.0. The zero-order valence-electron chi connectivity index (χ0n) is 11.3. The molecule has 0 atom stereocenters. The van der Waals surface area contributed by atoms with Crippen molar-refractivity contribution in [3.8, 4) is 0 Å². The van der Waals surface area contributed by atoms with Crippen LogP contribution in [-0.4, -0.2) is 21.3 Å². The van der Waals surface area contributed by atoms with Crippen molar-refractivity contribution in [3.63, 3.8) is 0 Å². The molecule has 0 aliphatic heterocycles. The Hall–Kier alpha value is -2.23. The molecule has 0 fully saturated rings. The van der Waals surface area contributed by atoms with Crippen molar-refractivity contribution in [1.82, 2.24) is 9.78 Å². The van der Waals surface area contributed by atoms with Gasteiger partial charge >= 0.3 is 0 Å². The van der Waals surface area contributed by atoms with E-state index in [-0.39, 0.29) is 18.0 Å². The van der Waals surface area contributed by atoms with Crippen LogP contribution in [0.2, 0.25) is 0 Å². The SMILES string of the molecule is Cc1cccc(C(=O)CC(=O)c2cc(C)n(C)n2)c1. The average Bonchev–Trinajstić information content (AvgIpc) is 2.69. The largest absolute Gasteiger partial charge is 0.294 e. The van der Waals surface area contributed by atoms with Crippen molar-refractivity contribution in [2.45, 2.75) is 20.3 Å². The monoisotopic (exact) mass is 256 g/mol. The fourth-order valence-corrected chi connectivity index (χ4v) is 1.85. The molecule has 0 amide bonds. The third-order valence-corrected chi connectivity index (χ3v) is 3.06. The first kappa shape index (κ1) is 13.2. The fraction of sp³-hybridized carbons (Fsp3) is 0.267. The molecule has 4 heteroatoms. The summed E-state index contributed by atoms with van der Waals surface area (Å²) in [6.45, 7) is 3.78. The number of ketones is 2. The minimum Gasteiger partial charge on any atom is -0.294 e. The van der Waals surface area contributed by atoms with E-state index in [9.17, 15) is 9.59 Å². The molecular weight excluding hydrogens is 240 g/mol. The predicted octanol–water partition coefficient (Wildman–Crippen LogP) is 2.49. The lowest BCUT2D eigenvalue weighted by Gasteiger charge is -2.00. The van der Waals surface area contributed by atoms with Crippen LogP contribution in [0.4, 0.5) is 0 Å². The lowest BCUT2D eigenvalue weighted by molar-refractivity contribution is 0.0891. The predicted molar refractivity (Wildman–Crippen MR) is 72.4 cm³/mol. The van der Waals surface area contributed by atoms with Gasteiger partial charge in [0, 0.05) is 18.3 Å². The van der Waals surface area contributed by atoms with Gasteiger partial charge in [0.25, 0.3) is 0 Å². The minimum absolute atomic E-state index is 0.139. The number of carbonyl (C=O) groups is 2. The van der Waals surface area contributed by atoms with Gasteiger partial charge in [-0.2, -0.15) is 5.10 Å². The zero-order chi connectivity index (χ0) is 14.0.